The van der Waals surface area contributed by atoms with Gasteiger partial charge in [0.15, 0.2) is 5.75 Å². The number of aliphatic carboxylic acids is 1. The molecule has 6 nitrogen and oxygen atoms in total. The van der Waals surface area contributed by atoms with Crippen LogP contribution in [0.3, 0.4) is 0 Å². The minimum Gasteiger partial charge on any atom is -0.480 e. The fraction of sp³-hybridized carbons (Fsp3) is 0.889. The van der Waals surface area contributed by atoms with Gasteiger partial charge in [-0.25, -0.2) is 12.7 Å². The molecular weight excluding hydrogens is 232 g/mol. The van der Waals surface area contributed by atoms with Gasteiger partial charge in [-0.1, -0.05) is 0 Å². The number of likely N-dealkylation sites (N-methyl/N-ethyl adjacent to an activating group) is 2. The Balaban J connectivity index is 2.57. The molecule has 1 unspecified atom stereocenters. The molecule has 0 aromatic rings. The van der Waals surface area contributed by atoms with E-state index in [9.17, 15) is 13.2 Å². The van der Waals surface area contributed by atoms with E-state index in [1.165, 1.54) is 7.05 Å². The average molecular weight is 250 g/mol. The van der Waals surface area contributed by atoms with Crippen LogP contribution in [0.5, 0.6) is 0 Å². The second kappa shape index (κ2) is 5.11. The van der Waals surface area contributed by atoms with Gasteiger partial charge in [-0.3, -0.25) is 4.79 Å². The first-order valence-corrected chi connectivity index (χ1v) is 6.80. The first-order valence-electron chi connectivity index (χ1n) is 5.19. The van der Waals surface area contributed by atoms with E-state index in [2.05, 4.69) is 4.90 Å². The molecule has 1 heterocycles. The summed E-state index contributed by atoms with van der Waals surface area (Å²) in [5.41, 5.74) is 0. The molecule has 0 aliphatic carbocycles. The molecule has 94 valence electrons. The Morgan fingerprint density at radius 1 is 1.56 bits per heavy atom. The summed E-state index contributed by atoms with van der Waals surface area (Å²) in [6.07, 6.45) is 2.03. The molecule has 0 bridgehead atoms. The number of hydrogen-bond acceptors (Lipinski definition) is 4. The van der Waals surface area contributed by atoms with Crippen molar-refractivity contribution in [2.24, 2.45) is 0 Å². The van der Waals surface area contributed by atoms with Gasteiger partial charge in [-0.15, -0.1) is 0 Å². The summed E-state index contributed by atoms with van der Waals surface area (Å²) in [6.45, 7) is 1.34. The Morgan fingerprint density at radius 2 is 2.19 bits per heavy atom. The summed E-state index contributed by atoms with van der Waals surface area (Å²) in [5.74, 6) is -2.15. The lowest BCUT2D eigenvalue weighted by atomic mass is 10.2. The molecule has 7 heteroatoms. The lowest BCUT2D eigenvalue weighted by Gasteiger charge is -2.24. The van der Waals surface area contributed by atoms with Crippen LogP contribution >= 0.6 is 0 Å². The maximum absolute atomic E-state index is 11.6. The van der Waals surface area contributed by atoms with Crippen LogP contribution in [0.2, 0.25) is 0 Å². The molecule has 1 rings (SSSR count). The van der Waals surface area contributed by atoms with Gasteiger partial charge in [-0.2, -0.15) is 0 Å². The molecule has 16 heavy (non-hydrogen) atoms. The third-order valence-electron chi connectivity index (χ3n) is 2.92. The molecule has 0 aromatic carbocycles. The van der Waals surface area contributed by atoms with Gasteiger partial charge in [0.25, 0.3) is 0 Å². The molecule has 0 spiro atoms. The SMILES string of the molecule is CN1CCCC1CN(C)S(=O)(=O)CC(=O)O. The highest BCUT2D eigenvalue weighted by molar-refractivity contribution is 7.89. The number of likely N-dealkylation sites (tertiary alicyclic amines) is 1. The Bertz CT molecular complexity index is 355. The summed E-state index contributed by atoms with van der Waals surface area (Å²) in [4.78, 5) is 12.5. The molecule has 0 saturated carbocycles. The van der Waals surface area contributed by atoms with Crippen molar-refractivity contribution in [3.8, 4) is 0 Å². The van der Waals surface area contributed by atoms with Crippen LogP contribution in [-0.4, -0.2) is 67.7 Å². The maximum Gasteiger partial charge on any atom is 0.320 e. The van der Waals surface area contributed by atoms with Crippen molar-refractivity contribution in [2.75, 3.05) is 32.9 Å². The molecule has 0 radical (unpaired) electrons. The zero-order valence-electron chi connectivity index (χ0n) is 9.59. The van der Waals surface area contributed by atoms with E-state index in [1.54, 1.807) is 0 Å². The van der Waals surface area contributed by atoms with E-state index in [-0.39, 0.29) is 6.04 Å². The first kappa shape index (κ1) is 13.4. The van der Waals surface area contributed by atoms with E-state index in [0.29, 0.717) is 6.54 Å². The molecule has 0 aromatic heterocycles. The van der Waals surface area contributed by atoms with Gasteiger partial charge >= 0.3 is 5.97 Å². The Hall–Kier alpha value is -0.660. The summed E-state index contributed by atoms with van der Waals surface area (Å²) in [7, 11) is -0.275. The topological polar surface area (TPSA) is 77.9 Å². The quantitative estimate of drug-likeness (QED) is 0.707. The van der Waals surface area contributed by atoms with E-state index in [4.69, 9.17) is 5.11 Å². The zero-order chi connectivity index (χ0) is 12.3. The van der Waals surface area contributed by atoms with Crippen molar-refractivity contribution >= 4 is 16.0 Å². The highest BCUT2D eigenvalue weighted by atomic mass is 32.2. The van der Waals surface area contributed by atoms with Crippen molar-refractivity contribution in [3.05, 3.63) is 0 Å². The highest BCUT2D eigenvalue weighted by Gasteiger charge is 2.28. The lowest BCUT2D eigenvalue weighted by molar-refractivity contribution is -0.134. The summed E-state index contributed by atoms with van der Waals surface area (Å²) >= 11 is 0. The molecule has 1 saturated heterocycles. The molecule has 1 aliphatic rings. The number of hydrogen-bond donors (Lipinski definition) is 1. The van der Waals surface area contributed by atoms with Crippen molar-refractivity contribution in [1.29, 1.82) is 0 Å². The number of sulfonamides is 1. The van der Waals surface area contributed by atoms with Gasteiger partial charge in [0, 0.05) is 19.6 Å². The van der Waals surface area contributed by atoms with Crippen LogP contribution < -0.4 is 0 Å². The summed E-state index contributed by atoms with van der Waals surface area (Å²) < 4.78 is 24.3. The first-order chi connectivity index (χ1) is 7.33. The van der Waals surface area contributed by atoms with Crippen molar-refractivity contribution < 1.29 is 18.3 Å². The molecule has 1 N–H and O–H groups in total. The second-order valence-electron chi connectivity index (χ2n) is 4.21. The average Bonchev–Trinajstić information content (AvgIpc) is 2.49. The number of carboxylic acids is 1. The normalized spacial score (nSPS) is 22.8. The van der Waals surface area contributed by atoms with Gasteiger partial charge in [0.1, 0.15) is 0 Å². The number of rotatable bonds is 5. The van der Waals surface area contributed by atoms with Crippen LogP contribution in [0.15, 0.2) is 0 Å². The number of carbonyl (C=O) groups is 1. The minimum atomic E-state index is -3.66. The number of nitrogens with zero attached hydrogens (tertiary/aromatic N) is 2. The van der Waals surface area contributed by atoms with Gasteiger partial charge in [0.05, 0.1) is 0 Å². The van der Waals surface area contributed by atoms with E-state index in [1.807, 2.05) is 7.05 Å². The van der Waals surface area contributed by atoms with Gasteiger partial charge < -0.3 is 10.0 Å². The Morgan fingerprint density at radius 3 is 2.62 bits per heavy atom. The largest absolute Gasteiger partial charge is 0.480 e. The predicted molar refractivity (Wildman–Crippen MR) is 59.7 cm³/mol. The fourth-order valence-electron chi connectivity index (χ4n) is 1.89. The highest BCUT2D eigenvalue weighted by Crippen LogP contribution is 2.16. The molecule has 1 fully saturated rings. The van der Waals surface area contributed by atoms with Gasteiger partial charge in [0.2, 0.25) is 10.0 Å². The van der Waals surface area contributed by atoms with Crippen LogP contribution in [0.25, 0.3) is 0 Å². The number of carboxylic acid groups (broad SMARTS) is 1. The standard InChI is InChI=1S/C9H18N2O4S/c1-10-5-3-4-8(10)6-11(2)16(14,15)7-9(12)13/h8H,3-7H2,1-2H3,(H,12,13). The Labute approximate surface area is 95.9 Å². The maximum atomic E-state index is 11.6. The fourth-order valence-corrected chi connectivity index (χ4v) is 2.82. The van der Waals surface area contributed by atoms with E-state index in [0.717, 1.165) is 23.7 Å². The summed E-state index contributed by atoms with van der Waals surface area (Å²) in [5, 5.41) is 8.49. The predicted octanol–water partition coefficient (Wildman–Crippen LogP) is -0.573. The third kappa shape index (κ3) is 3.43. The lowest BCUT2D eigenvalue weighted by Crippen LogP contribution is -2.41. The monoisotopic (exact) mass is 250 g/mol. The molecule has 1 atom stereocenters. The molecule has 0 amide bonds. The van der Waals surface area contributed by atoms with Gasteiger partial charge in [-0.05, 0) is 26.4 Å². The van der Waals surface area contributed by atoms with Crippen LogP contribution in [0, 0.1) is 0 Å². The van der Waals surface area contributed by atoms with E-state index < -0.39 is 21.7 Å². The third-order valence-corrected chi connectivity index (χ3v) is 4.63. The minimum absolute atomic E-state index is 0.202. The molecular formula is C9H18N2O4S. The van der Waals surface area contributed by atoms with Crippen LogP contribution in [0.4, 0.5) is 0 Å². The smallest absolute Gasteiger partial charge is 0.320 e. The second-order valence-corrected chi connectivity index (χ2v) is 6.28. The van der Waals surface area contributed by atoms with Crippen LogP contribution in [0.1, 0.15) is 12.8 Å². The van der Waals surface area contributed by atoms with E-state index >= 15 is 0 Å². The van der Waals surface area contributed by atoms with Crippen molar-refractivity contribution in [3.63, 3.8) is 0 Å². The van der Waals surface area contributed by atoms with Crippen LogP contribution in [-0.2, 0) is 14.8 Å². The Kier molecular flexibility index (Phi) is 4.28. The summed E-state index contributed by atoms with van der Waals surface area (Å²) in [6, 6.07) is 0.202. The zero-order valence-corrected chi connectivity index (χ0v) is 10.4. The van der Waals surface area contributed by atoms with Crippen molar-refractivity contribution in [2.45, 2.75) is 18.9 Å². The van der Waals surface area contributed by atoms with Crippen molar-refractivity contribution in [1.82, 2.24) is 9.21 Å². The molecule has 1 aliphatic heterocycles.